The molecule has 0 N–H and O–H groups in total. The molecule has 2 aromatic rings. The van der Waals surface area contributed by atoms with Crippen LogP contribution in [0.2, 0.25) is 39.3 Å². The molecule has 0 atom stereocenters. The third-order valence-electron chi connectivity index (χ3n) is 3.32. The van der Waals surface area contributed by atoms with Gasteiger partial charge in [-0.1, -0.05) is 12.8 Å². The first-order valence-corrected chi connectivity index (χ1v) is 17.9. The predicted octanol–water partition coefficient (Wildman–Crippen LogP) is -0.0377. The fourth-order valence-electron chi connectivity index (χ4n) is 2.11. The van der Waals surface area contributed by atoms with Crippen LogP contribution < -0.4 is 24.8 Å². The summed E-state index contributed by atoms with van der Waals surface area (Å²) in [6.45, 7) is 17.1. The van der Waals surface area contributed by atoms with Crippen molar-refractivity contribution in [2.45, 2.75) is 59.0 Å². The van der Waals surface area contributed by atoms with Crippen LogP contribution in [0.3, 0.4) is 0 Å². The Hall–Kier alpha value is 0.387. The molecule has 0 aliphatic heterocycles. The molecule has 0 amide bonds. The second-order valence-electron chi connectivity index (χ2n) is 8.30. The second-order valence-corrected chi connectivity index (χ2v) is 18.7. The average molecular weight is 553 g/mol. The van der Waals surface area contributed by atoms with E-state index in [9.17, 15) is 0 Å². The second kappa shape index (κ2) is 19.1. The van der Waals surface area contributed by atoms with Gasteiger partial charge >= 0.3 is 34.9 Å². The van der Waals surface area contributed by atoms with E-state index in [2.05, 4.69) is 91.5 Å². The summed E-state index contributed by atoms with van der Waals surface area (Å²) in [4.78, 5) is 0. The molecule has 0 spiro atoms. The molecule has 0 unspecified atom stereocenters. The van der Waals surface area contributed by atoms with Crippen LogP contribution in [-0.2, 0) is 45.9 Å². The summed E-state index contributed by atoms with van der Waals surface area (Å²) >= 11 is 1.51. The molecule has 2 rings (SSSR count). The van der Waals surface area contributed by atoms with Crippen molar-refractivity contribution < 1.29 is 57.9 Å². The van der Waals surface area contributed by atoms with Gasteiger partial charge in [0.15, 0.2) is 16.6 Å². The van der Waals surface area contributed by atoms with E-state index in [1.165, 1.54) is 35.4 Å². The molecule has 0 aromatic heterocycles. The molecule has 0 fully saturated rings. The number of hydrogen-bond donors (Lipinski definition) is 0. The Labute approximate surface area is 208 Å². The van der Waals surface area contributed by atoms with Gasteiger partial charge in [-0.3, -0.25) is 0 Å². The van der Waals surface area contributed by atoms with Gasteiger partial charge < -0.3 is 33.7 Å². The third kappa shape index (κ3) is 24.5. The summed E-state index contributed by atoms with van der Waals surface area (Å²) in [7, 11) is -2.58. The zero-order valence-corrected chi connectivity index (χ0v) is 25.1. The Morgan fingerprint density at radius 2 is 0.931 bits per heavy atom. The fraction of sp³-hybridized carbons (Fsp3) is 0.500. The number of rotatable bonds is 8. The number of halogens is 2. The van der Waals surface area contributed by atoms with Crippen molar-refractivity contribution in [3.05, 3.63) is 59.7 Å². The topological polar surface area (TPSA) is 18.5 Å². The predicted molar refractivity (Wildman–Crippen MR) is 122 cm³/mol. The van der Waals surface area contributed by atoms with E-state index in [1.807, 2.05) is 6.92 Å². The molecule has 0 radical (unpaired) electrons. The van der Waals surface area contributed by atoms with E-state index in [0.29, 0.717) is 0 Å². The minimum Gasteiger partial charge on any atom is -1.00 e. The molecule has 2 nitrogen and oxygen atoms in total. The van der Waals surface area contributed by atoms with Crippen molar-refractivity contribution in [1.29, 1.82) is 0 Å². The molecule has 29 heavy (non-hydrogen) atoms. The molecular weight excluding hydrogens is 515 g/mol. The smallest absolute Gasteiger partial charge is 0.183 e. The maximum atomic E-state index is 5.74. The third-order valence-corrected chi connectivity index (χ3v) is 5.46. The normalized spacial score (nSPS) is 10.4. The van der Waals surface area contributed by atoms with E-state index >= 15 is 0 Å². The SMILES string of the molecule is C[CH]=[Zr+2].C[Si](C)(C)OCC[c-]1cccc1.C[Si](C)(C)OCC[c-]1cccc1.[Cl-].[Cl-]. The molecule has 0 saturated carbocycles. The monoisotopic (exact) mass is 550 g/mol. The first-order valence-electron chi connectivity index (χ1n) is 9.71. The zero-order valence-electron chi connectivity index (χ0n) is 19.1. The van der Waals surface area contributed by atoms with Crippen molar-refractivity contribution >= 4 is 20.3 Å². The van der Waals surface area contributed by atoms with E-state index in [4.69, 9.17) is 8.85 Å². The van der Waals surface area contributed by atoms with E-state index < -0.39 is 16.6 Å². The molecule has 0 aliphatic rings. The summed E-state index contributed by atoms with van der Waals surface area (Å²) in [5, 5.41) is 0. The van der Waals surface area contributed by atoms with Crippen LogP contribution in [0.1, 0.15) is 18.1 Å². The first-order chi connectivity index (χ1) is 12.6. The van der Waals surface area contributed by atoms with Crippen LogP contribution in [-0.4, -0.2) is 33.6 Å². The summed E-state index contributed by atoms with van der Waals surface area (Å²) < 4.78 is 13.6. The van der Waals surface area contributed by atoms with Crippen molar-refractivity contribution in [2.24, 2.45) is 0 Å². The van der Waals surface area contributed by atoms with Gasteiger partial charge in [0.2, 0.25) is 0 Å². The van der Waals surface area contributed by atoms with Gasteiger partial charge in [0.25, 0.3) is 0 Å². The molecule has 2 aromatic carbocycles. The fourth-order valence-corrected chi connectivity index (χ4v) is 3.54. The van der Waals surface area contributed by atoms with Crippen molar-refractivity contribution in [3.63, 3.8) is 0 Å². The van der Waals surface area contributed by atoms with Crippen molar-refractivity contribution in [1.82, 2.24) is 0 Å². The maximum absolute atomic E-state index is 5.74. The van der Waals surface area contributed by atoms with Crippen LogP contribution >= 0.6 is 0 Å². The van der Waals surface area contributed by atoms with Gasteiger partial charge in [-0.05, 0) is 39.3 Å². The van der Waals surface area contributed by atoms with Gasteiger partial charge in [0.05, 0.1) is 0 Å². The average Bonchev–Trinajstić information content (AvgIpc) is 3.19. The molecule has 0 saturated heterocycles. The Morgan fingerprint density at radius 1 is 0.690 bits per heavy atom. The number of hydrogen-bond acceptors (Lipinski definition) is 2. The minimum atomic E-state index is -1.29. The Morgan fingerprint density at radius 3 is 1.14 bits per heavy atom. The molecule has 0 bridgehead atoms. The molecule has 0 heterocycles. The van der Waals surface area contributed by atoms with Crippen LogP contribution in [0.4, 0.5) is 0 Å². The standard InChI is InChI=1S/2C10H17OSi.C2H4.2ClH.Zr/c2*1-12(2,3)11-9-8-10-6-4-5-7-10;1-2;;;/h2*4-7H,8-9H2,1-3H3;1H,2H3;2*1H;/q2*-1;;;;+2/p-2. The largest absolute Gasteiger partial charge is 1.00 e. The Kier molecular flexibility index (Phi) is 22.4. The zero-order chi connectivity index (χ0) is 20.8. The van der Waals surface area contributed by atoms with Gasteiger partial charge in [-0.2, -0.15) is 35.4 Å². The molecular formula is C22H38Cl2O2Si2Zr-2. The van der Waals surface area contributed by atoms with Crippen molar-refractivity contribution in [3.8, 4) is 0 Å². The van der Waals surface area contributed by atoms with E-state index in [1.54, 1.807) is 0 Å². The maximum Gasteiger partial charge on any atom is 0.183 e. The Balaban J connectivity index is -0.000000387. The van der Waals surface area contributed by atoms with Crippen molar-refractivity contribution in [2.75, 3.05) is 13.2 Å². The summed E-state index contributed by atoms with van der Waals surface area (Å²) in [6, 6.07) is 16.9. The summed E-state index contributed by atoms with van der Waals surface area (Å²) in [6.07, 6.45) is 2.11. The van der Waals surface area contributed by atoms with Crippen LogP contribution in [0.25, 0.3) is 0 Å². The van der Waals surface area contributed by atoms with Crippen LogP contribution in [0.5, 0.6) is 0 Å². The van der Waals surface area contributed by atoms with Gasteiger partial charge in [0.1, 0.15) is 0 Å². The van der Waals surface area contributed by atoms with Gasteiger partial charge in [-0.25, -0.2) is 24.3 Å². The first kappa shape index (κ1) is 34.0. The molecule has 166 valence electrons. The van der Waals surface area contributed by atoms with Gasteiger partial charge in [-0.15, -0.1) is 0 Å². The minimum absolute atomic E-state index is 0. The van der Waals surface area contributed by atoms with Gasteiger partial charge in [0, 0.05) is 13.2 Å². The Bertz CT molecular complexity index is 525. The summed E-state index contributed by atoms with van der Waals surface area (Å²) in [5.74, 6) is 0. The molecule has 7 heteroatoms. The molecule has 0 aliphatic carbocycles. The van der Waals surface area contributed by atoms with E-state index in [0.717, 1.165) is 26.1 Å². The van der Waals surface area contributed by atoms with Crippen LogP contribution in [0, 0.1) is 0 Å². The quantitative estimate of drug-likeness (QED) is 0.338. The van der Waals surface area contributed by atoms with E-state index in [-0.39, 0.29) is 24.8 Å². The van der Waals surface area contributed by atoms with Crippen LogP contribution in [0.15, 0.2) is 48.5 Å². The summed E-state index contributed by atoms with van der Waals surface area (Å²) in [5.41, 5.74) is 2.77.